The summed E-state index contributed by atoms with van der Waals surface area (Å²) in [7, 11) is 1.65. The summed E-state index contributed by atoms with van der Waals surface area (Å²) in [6.07, 6.45) is 0.978. The second-order valence-corrected chi connectivity index (χ2v) is 6.39. The third-order valence-electron chi connectivity index (χ3n) is 4.60. The number of nitrogens with zero attached hydrogens (tertiary/aromatic N) is 3. The molecule has 3 aromatic carbocycles. The van der Waals surface area contributed by atoms with E-state index in [9.17, 15) is 0 Å². The fourth-order valence-electron chi connectivity index (χ4n) is 3.04. The highest BCUT2D eigenvalue weighted by atomic mass is 16.5. The maximum absolute atomic E-state index is 5.29. The van der Waals surface area contributed by atoms with Crippen molar-refractivity contribution in [1.82, 2.24) is 15.0 Å². The first kappa shape index (κ1) is 17.1. The first-order valence-electron chi connectivity index (χ1n) is 9.09. The van der Waals surface area contributed by atoms with Crippen LogP contribution in [0.25, 0.3) is 16.7 Å². The smallest absolute Gasteiger partial charge is 0.121 e. The molecule has 0 unspecified atom stereocenters. The zero-order valence-electron chi connectivity index (χ0n) is 15.5. The fraction of sp³-hybridized carbons (Fsp3) is 0.182. The summed E-state index contributed by atoms with van der Waals surface area (Å²) in [5, 5.41) is 12.8. The summed E-state index contributed by atoms with van der Waals surface area (Å²) in [6, 6.07) is 22.5. The van der Waals surface area contributed by atoms with E-state index in [0.29, 0.717) is 0 Å². The van der Waals surface area contributed by atoms with Crippen molar-refractivity contribution in [3.8, 4) is 11.4 Å². The Kier molecular flexibility index (Phi) is 4.75. The molecule has 0 aliphatic rings. The third-order valence-corrected chi connectivity index (χ3v) is 4.60. The Morgan fingerprint density at radius 2 is 1.70 bits per heavy atom. The summed E-state index contributed by atoms with van der Waals surface area (Å²) in [5.41, 5.74) is 6.09. The van der Waals surface area contributed by atoms with Crippen molar-refractivity contribution in [2.45, 2.75) is 19.9 Å². The Balaban J connectivity index is 1.71. The van der Waals surface area contributed by atoms with Gasteiger partial charge in [0.15, 0.2) is 0 Å². The highest BCUT2D eigenvalue weighted by molar-refractivity contribution is 5.76. The van der Waals surface area contributed by atoms with Gasteiger partial charge in [-0.2, -0.15) is 0 Å². The van der Waals surface area contributed by atoms with E-state index in [-0.39, 0.29) is 0 Å². The molecule has 0 aliphatic carbocycles. The molecule has 0 radical (unpaired) electrons. The Bertz CT molecular complexity index is 1060. The summed E-state index contributed by atoms with van der Waals surface area (Å²) in [5.74, 6) is 0.776. The number of hydrogen-bond acceptors (Lipinski definition) is 4. The standard InChI is InChI=1S/C22H22N4O/c1-3-16-9-12-22(21(13-16)23-15-17-7-5-4-6-8-17)26-24-19-11-10-18(27-2)14-20(19)25-26/h4-14,23H,3,15H2,1-2H3. The molecule has 0 saturated heterocycles. The second-order valence-electron chi connectivity index (χ2n) is 6.39. The summed E-state index contributed by atoms with van der Waals surface area (Å²) in [6.45, 7) is 2.90. The number of rotatable bonds is 6. The van der Waals surface area contributed by atoms with E-state index in [4.69, 9.17) is 4.74 Å². The number of fused-ring (bicyclic) bond motifs is 1. The predicted molar refractivity (Wildman–Crippen MR) is 109 cm³/mol. The number of methoxy groups -OCH3 is 1. The maximum atomic E-state index is 5.29. The molecular weight excluding hydrogens is 336 g/mol. The zero-order valence-corrected chi connectivity index (χ0v) is 15.5. The van der Waals surface area contributed by atoms with Gasteiger partial charge in [-0.15, -0.1) is 15.0 Å². The lowest BCUT2D eigenvalue weighted by Crippen LogP contribution is -2.07. The molecule has 0 saturated carbocycles. The van der Waals surface area contributed by atoms with Crippen LogP contribution in [-0.2, 0) is 13.0 Å². The molecule has 5 nitrogen and oxygen atoms in total. The molecule has 0 fully saturated rings. The van der Waals surface area contributed by atoms with E-state index >= 15 is 0 Å². The van der Waals surface area contributed by atoms with Gasteiger partial charge < -0.3 is 10.1 Å². The number of aryl methyl sites for hydroxylation is 1. The lowest BCUT2D eigenvalue weighted by molar-refractivity contribution is 0.415. The van der Waals surface area contributed by atoms with Gasteiger partial charge in [0.05, 0.1) is 12.8 Å². The Hall–Kier alpha value is -3.34. The van der Waals surface area contributed by atoms with Gasteiger partial charge in [-0.05, 0) is 41.8 Å². The van der Waals surface area contributed by atoms with E-state index in [1.54, 1.807) is 11.9 Å². The van der Waals surface area contributed by atoms with Gasteiger partial charge in [-0.1, -0.05) is 43.3 Å². The van der Waals surface area contributed by atoms with Crippen LogP contribution in [0.4, 0.5) is 5.69 Å². The lowest BCUT2D eigenvalue weighted by atomic mass is 10.1. The van der Waals surface area contributed by atoms with Gasteiger partial charge in [0, 0.05) is 12.6 Å². The minimum atomic E-state index is 0.746. The van der Waals surface area contributed by atoms with Crippen LogP contribution in [0.15, 0.2) is 66.7 Å². The van der Waals surface area contributed by atoms with Crippen LogP contribution in [0.5, 0.6) is 5.75 Å². The monoisotopic (exact) mass is 358 g/mol. The van der Waals surface area contributed by atoms with Crippen molar-refractivity contribution < 1.29 is 4.74 Å². The van der Waals surface area contributed by atoms with E-state index in [0.717, 1.165) is 41.1 Å². The molecule has 0 bridgehead atoms. The van der Waals surface area contributed by atoms with Gasteiger partial charge in [-0.25, -0.2) is 0 Å². The number of aromatic nitrogens is 3. The molecule has 1 heterocycles. The largest absolute Gasteiger partial charge is 0.497 e. The molecule has 0 spiro atoms. The molecule has 4 rings (SSSR count). The van der Waals surface area contributed by atoms with Crippen molar-refractivity contribution in [2.24, 2.45) is 0 Å². The topological polar surface area (TPSA) is 52.0 Å². The van der Waals surface area contributed by atoms with Crippen LogP contribution < -0.4 is 10.1 Å². The first-order chi connectivity index (χ1) is 13.3. The fourth-order valence-corrected chi connectivity index (χ4v) is 3.04. The Morgan fingerprint density at radius 3 is 2.48 bits per heavy atom. The van der Waals surface area contributed by atoms with Gasteiger partial charge in [0.1, 0.15) is 22.5 Å². The first-order valence-corrected chi connectivity index (χ1v) is 9.09. The highest BCUT2D eigenvalue weighted by Crippen LogP contribution is 2.25. The number of benzene rings is 3. The molecule has 1 aromatic heterocycles. The number of anilines is 1. The maximum Gasteiger partial charge on any atom is 0.121 e. The predicted octanol–water partition coefficient (Wildman–Crippen LogP) is 4.60. The van der Waals surface area contributed by atoms with Crippen LogP contribution in [0, 0.1) is 0 Å². The molecule has 5 heteroatoms. The molecule has 4 aromatic rings. The van der Waals surface area contributed by atoms with Gasteiger partial charge in [0.2, 0.25) is 0 Å². The van der Waals surface area contributed by atoms with Crippen molar-refractivity contribution in [2.75, 3.05) is 12.4 Å². The second kappa shape index (κ2) is 7.50. The quantitative estimate of drug-likeness (QED) is 0.547. The number of hydrogen-bond donors (Lipinski definition) is 1. The number of nitrogens with one attached hydrogen (secondary N) is 1. The van der Waals surface area contributed by atoms with Crippen molar-refractivity contribution >= 4 is 16.7 Å². The molecule has 136 valence electrons. The Labute approximate surface area is 158 Å². The highest BCUT2D eigenvalue weighted by Gasteiger charge is 2.11. The van der Waals surface area contributed by atoms with Gasteiger partial charge >= 0.3 is 0 Å². The Morgan fingerprint density at radius 1 is 0.889 bits per heavy atom. The number of ether oxygens (including phenoxy) is 1. The van der Waals surface area contributed by atoms with E-state index < -0.39 is 0 Å². The van der Waals surface area contributed by atoms with E-state index in [1.165, 1.54) is 11.1 Å². The van der Waals surface area contributed by atoms with Crippen LogP contribution in [0.2, 0.25) is 0 Å². The van der Waals surface area contributed by atoms with Crippen LogP contribution >= 0.6 is 0 Å². The minimum absolute atomic E-state index is 0.746. The van der Waals surface area contributed by atoms with Crippen LogP contribution in [0.1, 0.15) is 18.1 Å². The van der Waals surface area contributed by atoms with Crippen LogP contribution in [0.3, 0.4) is 0 Å². The van der Waals surface area contributed by atoms with Crippen molar-refractivity contribution in [3.63, 3.8) is 0 Å². The van der Waals surface area contributed by atoms with Gasteiger partial charge in [-0.3, -0.25) is 0 Å². The molecule has 0 amide bonds. The normalized spacial score (nSPS) is 10.9. The molecule has 1 N–H and O–H groups in total. The lowest BCUT2D eigenvalue weighted by Gasteiger charge is -2.13. The SMILES string of the molecule is CCc1ccc(-n2nc3ccc(OC)cc3n2)c(NCc2ccccc2)c1. The van der Waals surface area contributed by atoms with E-state index in [1.807, 2.05) is 24.3 Å². The molecule has 0 aliphatic heterocycles. The summed E-state index contributed by atoms with van der Waals surface area (Å²) < 4.78 is 5.29. The van der Waals surface area contributed by atoms with Gasteiger partial charge in [0.25, 0.3) is 0 Å². The summed E-state index contributed by atoms with van der Waals surface area (Å²) >= 11 is 0. The van der Waals surface area contributed by atoms with Crippen molar-refractivity contribution in [1.29, 1.82) is 0 Å². The molecule has 27 heavy (non-hydrogen) atoms. The summed E-state index contributed by atoms with van der Waals surface area (Å²) in [4.78, 5) is 1.69. The third kappa shape index (κ3) is 3.62. The van der Waals surface area contributed by atoms with Crippen molar-refractivity contribution in [3.05, 3.63) is 77.9 Å². The minimum Gasteiger partial charge on any atom is -0.497 e. The molecule has 0 atom stereocenters. The zero-order chi connectivity index (χ0) is 18.6. The van der Waals surface area contributed by atoms with E-state index in [2.05, 4.69) is 64.9 Å². The van der Waals surface area contributed by atoms with Crippen LogP contribution in [-0.4, -0.2) is 22.1 Å². The molecular formula is C22H22N4O. The average Bonchev–Trinajstić information content (AvgIpc) is 3.15. The average molecular weight is 358 g/mol.